The van der Waals surface area contributed by atoms with E-state index in [0.29, 0.717) is 0 Å². The smallest absolute Gasteiger partial charge is 0.689 e. The molecular weight excluding hydrogens is 283 g/mol. The molecule has 0 unspecified atom stereocenters. The largest absolute Gasteiger partial charge is 1.00 e. The van der Waals surface area contributed by atoms with Crippen molar-refractivity contribution in [2.45, 2.75) is 0 Å². The van der Waals surface area contributed by atoms with E-state index in [1.807, 2.05) is 0 Å². The molecule has 9 heavy (non-hydrogen) atoms. The van der Waals surface area contributed by atoms with Crippen molar-refractivity contribution < 1.29 is 152 Å². The van der Waals surface area contributed by atoms with E-state index in [9.17, 15) is 0 Å². The van der Waals surface area contributed by atoms with Crippen LogP contribution in [-0.4, -0.2) is 0 Å². The van der Waals surface area contributed by atoms with Crippen LogP contribution < -0.4 is 127 Å². The quantitative estimate of drug-likeness (QED) is 0.287. The monoisotopic (exact) mass is 282 g/mol. The standard InChI is InChI=1S/H2O7.2Rb/c1-3-5-7-6-4-2;;/h1-2H;;/q;2*+1/p-2. The van der Waals surface area contributed by atoms with Gasteiger partial charge >= 0.3 is 116 Å². The van der Waals surface area contributed by atoms with Gasteiger partial charge in [0, 0.05) is 0 Å². The minimum atomic E-state index is 0. The molecule has 0 aromatic heterocycles. The number of hydrogen-bond acceptors (Lipinski definition) is 7. The van der Waals surface area contributed by atoms with Gasteiger partial charge in [-0.3, -0.25) is 10.1 Å². The normalized spacial score (nSPS) is 7.33. The van der Waals surface area contributed by atoms with Crippen molar-refractivity contribution in [3.05, 3.63) is 0 Å². The summed E-state index contributed by atoms with van der Waals surface area (Å²) in [6.07, 6.45) is 0. The van der Waals surface area contributed by atoms with Gasteiger partial charge in [-0.05, 0) is 15.1 Å². The summed E-state index contributed by atoms with van der Waals surface area (Å²) in [4.78, 5) is 0. The molecule has 0 saturated heterocycles. The maximum absolute atomic E-state index is 8.72. The van der Waals surface area contributed by atoms with Gasteiger partial charge in [-0.2, -0.15) is 0 Å². The first kappa shape index (κ1) is 18.2. The Labute approximate surface area is 148 Å². The Kier molecular flexibility index (Phi) is 35.2. The summed E-state index contributed by atoms with van der Waals surface area (Å²) in [6.45, 7) is 0. The second-order valence-corrected chi connectivity index (χ2v) is 0.340. The second-order valence-electron chi connectivity index (χ2n) is 0.340. The molecule has 7 nitrogen and oxygen atoms in total. The summed E-state index contributed by atoms with van der Waals surface area (Å²) in [5, 5.41) is 31.5. The van der Waals surface area contributed by atoms with Gasteiger partial charge in [0.05, 0.1) is 0 Å². The first-order valence-electron chi connectivity index (χ1n) is 1.00. The van der Waals surface area contributed by atoms with Gasteiger partial charge in [-0.1, -0.05) is 0 Å². The molecule has 0 aromatic carbocycles. The van der Waals surface area contributed by atoms with Crippen LogP contribution >= 0.6 is 0 Å². The molecule has 44 valence electrons. The molecular formula is O7Rb2. The molecule has 0 aromatic rings. The molecule has 0 aliphatic heterocycles. The van der Waals surface area contributed by atoms with Gasteiger partial charge < -0.3 is 10.5 Å². The van der Waals surface area contributed by atoms with Crippen LogP contribution in [0.1, 0.15) is 0 Å². The minimum absolute atomic E-state index is 0. The maximum Gasteiger partial charge on any atom is 1.00 e. The zero-order valence-corrected chi connectivity index (χ0v) is 14.7. The Balaban J connectivity index is -0.000000180. The van der Waals surface area contributed by atoms with Crippen LogP contribution in [0.25, 0.3) is 0 Å². The maximum atomic E-state index is 8.72. The van der Waals surface area contributed by atoms with Crippen LogP contribution in [0.5, 0.6) is 0 Å². The first-order valence-corrected chi connectivity index (χ1v) is 1.00. The van der Waals surface area contributed by atoms with Gasteiger partial charge in [0.2, 0.25) is 0 Å². The van der Waals surface area contributed by atoms with E-state index in [4.69, 9.17) is 10.5 Å². The zero-order valence-electron chi connectivity index (χ0n) is 4.86. The van der Waals surface area contributed by atoms with Crippen molar-refractivity contribution in [2.24, 2.45) is 0 Å². The molecule has 0 rings (SSSR count). The second kappa shape index (κ2) is 17.4. The van der Waals surface area contributed by atoms with Gasteiger partial charge in [0.1, 0.15) is 0 Å². The van der Waals surface area contributed by atoms with E-state index < -0.39 is 0 Å². The fraction of sp³-hybridized carbons (Fsp3) is 0. The SMILES string of the molecule is [O-]OOOOO[O-].[Rb+].[Rb+]. The molecule has 0 N–H and O–H groups in total. The first-order chi connectivity index (χ1) is 3.41. The van der Waals surface area contributed by atoms with Crippen molar-refractivity contribution in [1.29, 1.82) is 0 Å². The molecule has 0 aliphatic rings. The average Bonchev–Trinajstić information content (AvgIpc) is 1.69. The van der Waals surface area contributed by atoms with Crippen molar-refractivity contribution >= 4 is 0 Å². The van der Waals surface area contributed by atoms with Crippen LogP contribution in [0, 0.1) is 0 Å². The van der Waals surface area contributed by atoms with Gasteiger partial charge in [0.15, 0.2) is 0 Å². The molecule has 0 amide bonds. The van der Waals surface area contributed by atoms with Gasteiger partial charge in [-0.15, -0.1) is 0 Å². The third-order valence-corrected chi connectivity index (χ3v) is 0.111. The molecule has 0 heterocycles. The summed E-state index contributed by atoms with van der Waals surface area (Å²) < 4.78 is 0. The van der Waals surface area contributed by atoms with Crippen molar-refractivity contribution in [2.75, 3.05) is 0 Å². The molecule has 0 atom stereocenters. The van der Waals surface area contributed by atoms with Crippen LogP contribution in [0.2, 0.25) is 0 Å². The summed E-state index contributed by atoms with van der Waals surface area (Å²) >= 11 is 0. The third-order valence-electron chi connectivity index (χ3n) is 0.111. The minimum Gasteiger partial charge on any atom is -0.689 e. The average molecular weight is 283 g/mol. The van der Waals surface area contributed by atoms with E-state index >= 15 is 0 Å². The topological polar surface area (TPSA) is 92.3 Å². The molecule has 0 aliphatic carbocycles. The summed E-state index contributed by atoms with van der Waals surface area (Å²) in [7, 11) is 0. The summed E-state index contributed by atoms with van der Waals surface area (Å²) in [5.74, 6) is 0. The fourth-order valence-corrected chi connectivity index (χ4v) is 0.0340. The molecule has 0 fully saturated rings. The van der Waals surface area contributed by atoms with Crippen molar-refractivity contribution in [3.8, 4) is 0 Å². The molecule has 0 bridgehead atoms. The Bertz CT molecular complexity index is 26.1. The predicted octanol–water partition coefficient (Wildman–Crippen LogP) is -8.71. The Morgan fingerprint density at radius 2 is 1.00 bits per heavy atom. The number of hydrogen-bond donors (Lipinski definition) is 0. The zero-order chi connectivity index (χ0) is 5.54. The van der Waals surface area contributed by atoms with Crippen LogP contribution in [0.15, 0.2) is 0 Å². The van der Waals surface area contributed by atoms with E-state index in [0.717, 1.165) is 0 Å². The molecule has 0 radical (unpaired) electrons. The number of rotatable bonds is 4. The van der Waals surface area contributed by atoms with E-state index in [2.05, 4.69) is 25.2 Å². The predicted molar refractivity (Wildman–Crippen MR) is 5.42 cm³/mol. The summed E-state index contributed by atoms with van der Waals surface area (Å²) in [5.41, 5.74) is 0. The summed E-state index contributed by atoms with van der Waals surface area (Å²) in [6, 6.07) is 0. The van der Waals surface area contributed by atoms with Crippen LogP contribution in [0.4, 0.5) is 0 Å². The van der Waals surface area contributed by atoms with Crippen molar-refractivity contribution in [1.82, 2.24) is 0 Å². The van der Waals surface area contributed by atoms with E-state index in [1.54, 1.807) is 0 Å². The van der Waals surface area contributed by atoms with E-state index in [-0.39, 0.29) is 116 Å². The Hall–Kier alpha value is 3.33. The molecule has 0 spiro atoms. The fourth-order valence-electron chi connectivity index (χ4n) is 0.0340. The van der Waals surface area contributed by atoms with Crippen molar-refractivity contribution in [3.63, 3.8) is 0 Å². The third kappa shape index (κ3) is 18.4. The molecule has 9 heteroatoms. The van der Waals surface area contributed by atoms with E-state index in [1.165, 1.54) is 0 Å². The van der Waals surface area contributed by atoms with Crippen LogP contribution in [-0.2, 0) is 25.2 Å². The van der Waals surface area contributed by atoms with Gasteiger partial charge in [-0.25, -0.2) is 0 Å². The Morgan fingerprint density at radius 3 is 1.22 bits per heavy atom. The van der Waals surface area contributed by atoms with Gasteiger partial charge in [0.25, 0.3) is 0 Å². The Morgan fingerprint density at radius 1 is 0.667 bits per heavy atom. The molecule has 0 saturated carbocycles. The van der Waals surface area contributed by atoms with Crippen LogP contribution in [0.3, 0.4) is 0 Å².